The highest BCUT2D eigenvalue weighted by atomic mass is 35.5. The fourth-order valence-corrected chi connectivity index (χ4v) is 9.56. The Morgan fingerprint density at radius 2 is 1.61 bits per heavy atom. The minimum absolute atomic E-state index is 0.535. The summed E-state index contributed by atoms with van der Waals surface area (Å²) in [5, 5.41) is 19.4. The van der Waals surface area contributed by atoms with Gasteiger partial charge in [-0.3, -0.25) is 0 Å². The zero-order valence-electron chi connectivity index (χ0n) is 22.3. The molecule has 0 aliphatic heterocycles. The predicted molar refractivity (Wildman–Crippen MR) is 162 cm³/mol. The van der Waals surface area contributed by atoms with Gasteiger partial charge in [-0.1, -0.05) is 68.0 Å². The van der Waals surface area contributed by atoms with Gasteiger partial charge in [0.15, 0.2) is 8.32 Å². The third kappa shape index (κ3) is 6.92. The summed E-state index contributed by atoms with van der Waals surface area (Å²) in [6.07, 6.45) is 0. The van der Waals surface area contributed by atoms with Crippen LogP contribution in [0, 0.1) is 0 Å². The van der Waals surface area contributed by atoms with Gasteiger partial charge in [-0.15, -0.1) is 20.5 Å². The van der Waals surface area contributed by atoms with Crippen molar-refractivity contribution in [1.29, 1.82) is 0 Å². The molecule has 2 aromatic carbocycles. The van der Waals surface area contributed by atoms with Crippen molar-refractivity contribution in [2.24, 2.45) is 20.5 Å². The summed E-state index contributed by atoms with van der Waals surface area (Å²) >= 11 is 9.50. The van der Waals surface area contributed by atoms with Crippen molar-refractivity contribution < 1.29 is 9.16 Å². The number of ether oxygens (including phenoxy) is 1. The van der Waals surface area contributed by atoms with Crippen molar-refractivity contribution in [2.45, 2.75) is 58.9 Å². The van der Waals surface area contributed by atoms with E-state index in [1.54, 1.807) is 0 Å². The normalized spacial score (nSPS) is 12.5. The van der Waals surface area contributed by atoms with Gasteiger partial charge in [-0.25, -0.2) is 4.98 Å². The van der Waals surface area contributed by atoms with Gasteiger partial charge in [-0.05, 0) is 72.6 Å². The van der Waals surface area contributed by atoms with Crippen molar-refractivity contribution in [3.05, 3.63) is 59.1 Å². The van der Waals surface area contributed by atoms with Crippen LogP contribution in [0.1, 0.15) is 40.2 Å². The molecule has 0 saturated carbocycles. The maximum absolute atomic E-state index is 6.57. The molecule has 0 unspecified atom stereocenters. The first-order valence-corrected chi connectivity index (χ1v) is 17.2. The Kier molecular flexibility index (Phi) is 9.78. The van der Waals surface area contributed by atoms with E-state index in [0.29, 0.717) is 34.6 Å². The van der Waals surface area contributed by atoms with Crippen molar-refractivity contribution in [2.75, 3.05) is 6.61 Å². The van der Waals surface area contributed by atoms with Crippen LogP contribution in [0.3, 0.4) is 0 Å². The third-order valence-corrected chi connectivity index (χ3v) is 14.0. The Bertz CT molecular complexity index is 1380. The molecule has 0 bridgehead atoms. The van der Waals surface area contributed by atoms with E-state index in [9.17, 15) is 0 Å². The second kappa shape index (κ2) is 13.0. The first-order valence-electron chi connectivity index (χ1n) is 12.7. The van der Waals surface area contributed by atoms with Crippen LogP contribution in [-0.4, -0.2) is 19.9 Å². The number of azo groups is 2. The molecule has 0 N–H and O–H groups in total. The minimum Gasteiger partial charge on any atom is -0.494 e. The summed E-state index contributed by atoms with van der Waals surface area (Å²) in [5.41, 5.74) is 3.00. The standard InChI is InChI=1S/C27H32ClN5O2S2Si/c1-6-34-22-13-11-20(12-14-22)30-33-27-29-26-24(36-27)16-25(37-26)32-31-21-10-9-19(23(28)15-21)17-35-38(7-2,8-3)18(4)5/h9-16,18H,6-8,17H2,1-5H3. The van der Waals surface area contributed by atoms with Gasteiger partial charge in [0.2, 0.25) is 5.13 Å². The highest BCUT2D eigenvalue weighted by Crippen LogP contribution is 2.39. The molecule has 2 heterocycles. The summed E-state index contributed by atoms with van der Waals surface area (Å²) in [5.74, 6) is 0.813. The Labute approximate surface area is 237 Å². The molecule has 2 aromatic heterocycles. The van der Waals surface area contributed by atoms with Gasteiger partial charge in [0, 0.05) is 5.02 Å². The molecule has 0 saturated heterocycles. The van der Waals surface area contributed by atoms with Gasteiger partial charge in [0.1, 0.15) is 15.6 Å². The zero-order chi connectivity index (χ0) is 27.1. The Hall–Kier alpha value is -2.50. The smallest absolute Gasteiger partial charge is 0.231 e. The SMILES string of the molecule is CCOc1ccc(N=Nc2nc3sc(N=Nc4ccc(CO[Si](CC)(CC)C(C)C)c(Cl)c4)cc3s2)cc1. The highest BCUT2D eigenvalue weighted by molar-refractivity contribution is 7.30. The molecule has 0 spiro atoms. The Balaban J connectivity index is 1.39. The summed E-state index contributed by atoms with van der Waals surface area (Å²) in [7, 11) is -1.76. The van der Waals surface area contributed by atoms with E-state index in [4.69, 9.17) is 20.8 Å². The number of fused-ring (bicyclic) bond motifs is 1. The summed E-state index contributed by atoms with van der Waals surface area (Å²) in [6.45, 7) is 12.1. The monoisotopic (exact) mass is 585 g/mol. The number of thiophene rings is 1. The highest BCUT2D eigenvalue weighted by Gasteiger charge is 2.34. The molecule has 4 rings (SSSR count). The summed E-state index contributed by atoms with van der Waals surface area (Å²) in [4.78, 5) is 5.42. The van der Waals surface area contributed by atoms with Crippen LogP contribution in [-0.2, 0) is 11.0 Å². The number of benzene rings is 2. The molecule has 0 aliphatic carbocycles. The van der Waals surface area contributed by atoms with Crippen molar-refractivity contribution in [3.63, 3.8) is 0 Å². The number of aromatic nitrogens is 1. The van der Waals surface area contributed by atoms with E-state index in [-0.39, 0.29) is 0 Å². The number of rotatable bonds is 12. The van der Waals surface area contributed by atoms with E-state index < -0.39 is 8.32 Å². The molecule has 0 atom stereocenters. The van der Waals surface area contributed by atoms with Gasteiger partial charge in [-0.2, -0.15) is 0 Å². The average Bonchev–Trinajstić information content (AvgIpc) is 3.47. The molecule has 0 amide bonds. The molecule has 0 fully saturated rings. The number of halogens is 1. The lowest BCUT2D eigenvalue weighted by Crippen LogP contribution is -2.39. The van der Waals surface area contributed by atoms with Crippen LogP contribution >= 0.6 is 34.3 Å². The van der Waals surface area contributed by atoms with Crippen LogP contribution in [0.5, 0.6) is 5.75 Å². The van der Waals surface area contributed by atoms with Crippen LogP contribution in [0.25, 0.3) is 9.53 Å². The topological polar surface area (TPSA) is 80.8 Å². The van der Waals surface area contributed by atoms with Gasteiger partial charge in [0.25, 0.3) is 0 Å². The van der Waals surface area contributed by atoms with Crippen molar-refractivity contribution in [3.8, 4) is 5.75 Å². The second-order valence-corrected chi connectivity index (χ2v) is 16.5. The van der Waals surface area contributed by atoms with Crippen LogP contribution in [0.2, 0.25) is 22.7 Å². The van der Waals surface area contributed by atoms with Crippen LogP contribution in [0.4, 0.5) is 21.5 Å². The predicted octanol–water partition coefficient (Wildman–Crippen LogP) is 11.2. The van der Waals surface area contributed by atoms with E-state index in [0.717, 1.165) is 43.6 Å². The van der Waals surface area contributed by atoms with Crippen molar-refractivity contribution in [1.82, 2.24) is 4.98 Å². The third-order valence-electron chi connectivity index (χ3n) is 6.53. The Morgan fingerprint density at radius 3 is 2.24 bits per heavy atom. The maximum atomic E-state index is 6.57. The molecule has 0 radical (unpaired) electrons. The van der Waals surface area contributed by atoms with Crippen LogP contribution < -0.4 is 4.74 Å². The number of hydrogen-bond donors (Lipinski definition) is 0. The first kappa shape index (κ1) is 28.5. The quantitative estimate of drug-likeness (QED) is 0.122. The number of hydrogen-bond acceptors (Lipinski definition) is 9. The van der Waals surface area contributed by atoms with Gasteiger partial charge < -0.3 is 9.16 Å². The van der Waals surface area contributed by atoms with E-state index >= 15 is 0 Å². The number of nitrogens with zero attached hydrogens (tertiary/aromatic N) is 5. The molecule has 38 heavy (non-hydrogen) atoms. The van der Waals surface area contributed by atoms with Gasteiger partial charge in [0.05, 0.1) is 29.3 Å². The largest absolute Gasteiger partial charge is 0.494 e. The second-order valence-electron chi connectivity index (χ2n) is 9.07. The number of thiazole rings is 1. The molecule has 0 aliphatic rings. The fourth-order valence-electron chi connectivity index (χ4n) is 4.16. The lowest BCUT2D eigenvalue weighted by Gasteiger charge is -2.33. The summed E-state index contributed by atoms with van der Waals surface area (Å²) < 4.78 is 12.9. The molecule has 11 heteroatoms. The molecule has 7 nitrogen and oxygen atoms in total. The molecular weight excluding hydrogens is 554 g/mol. The van der Waals surface area contributed by atoms with E-state index in [1.807, 2.05) is 55.5 Å². The molecular formula is C27H32ClN5O2S2Si. The zero-order valence-corrected chi connectivity index (χ0v) is 25.7. The lowest BCUT2D eigenvalue weighted by molar-refractivity contribution is 0.280. The summed E-state index contributed by atoms with van der Waals surface area (Å²) in [6, 6.07) is 17.4. The van der Waals surface area contributed by atoms with E-state index in [1.165, 1.54) is 22.7 Å². The van der Waals surface area contributed by atoms with Crippen molar-refractivity contribution >= 4 is 73.6 Å². The molecule has 200 valence electrons. The maximum Gasteiger partial charge on any atom is 0.231 e. The first-order chi connectivity index (χ1) is 18.4. The Morgan fingerprint density at radius 1 is 0.895 bits per heavy atom. The van der Waals surface area contributed by atoms with Crippen LogP contribution in [0.15, 0.2) is 69.0 Å². The lowest BCUT2D eigenvalue weighted by atomic mass is 10.2. The minimum atomic E-state index is -1.76. The van der Waals surface area contributed by atoms with Gasteiger partial charge >= 0.3 is 0 Å². The molecule has 4 aromatic rings. The average molecular weight is 586 g/mol. The van der Waals surface area contributed by atoms with E-state index in [2.05, 4.69) is 53.1 Å². The fraction of sp³-hybridized carbons (Fsp3) is 0.370.